The van der Waals surface area contributed by atoms with E-state index in [0.29, 0.717) is 4.08 Å². The van der Waals surface area contributed by atoms with Crippen LogP contribution < -0.4 is 0 Å². The number of hydrogen-bond donors (Lipinski definition) is 0. The minimum Gasteiger partial charge on any atom is -0.116 e. The van der Waals surface area contributed by atoms with Crippen LogP contribution in [0.3, 0.4) is 0 Å². The highest BCUT2D eigenvalue weighted by Gasteiger charge is 2.23. The number of thioether (sulfide) groups is 2. The van der Waals surface area contributed by atoms with E-state index in [1.54, 1.807) is 0 Å². The molecule has 0 atom stereocenters. The second-order valence-electron chi connectivity index (χ2n) is 2.00. The fraction of sp³-hybridized carbons (Fsp3) is 0.667. The van der Waals surface area contributed by atoms with Crippen LogP contribution in [0.15, 0.2) is 10.8 Å². The molecule has 1 aliphatic rings. The van der Waals surface area contributed by atoms with Crippen LogP contribution in [0.5, 0.6) is 0 Å². The van der Waals surface area contributed by atoms with Gasteiger partial charge >= 0.3 is 0 Å². The van der Waals surface area contributed by atoms with Crippen molar-refractivity contribution >= 4 is 23.5 Å². The zero-order chi connectivity index (χ0) is 6.04. The molecule has 0 aromatic carbocycles. The van der Waals surface area contributed by atoms with Crippen molar-refractivity contribution in [2.24, 2.45) is 0 Å². The number of hydrogen-bond acceptors (Lipinski definition) is 2. The third-order valence-electron chi connectivity index (χ3n) is 1.33. The molecule has 0 saturated heterocycles. The molecule has 0 unspecified atom stereocenters. The predicted molar refractivity (Wildman–Crippen MR) is 43.0 cm³/mol. The van der Waals surface area contributed by atoms with Crippen LogP contribution in [0, 0.1) is 0 Å². The zero-order valence-electron chi connectivity index (χ0n) is 5.18. The maximum atomic E-state index is 2.28. The smallest absolute Gasteiger partial charge is 0.0663 e. The van der Waals surface area contributed by atoms with Gasteiger partial charge < -0.3 is 0 Å². The van der Waals surface area contributed by atoms with Crippen molar-refractivity contribution in [3.63, 3.8) is 0 Å². The number of rotatable bonds is 1. The summed E-state index contributed by atoms with van der Waals surface area (Å²) in [6, 6.07) is 0. The molecule has 0 radical (unpaired) electrons. The molecule has 0 N–H and O–H groups in total. The summed E-state index contributed by atoms with van der Waals surface area (Å²) in [5.41, 5.74) is 0. The predicted octanol–water partition coefficient (Wildman–Crippen LogP) is 3.06. The van der Waals surface area contributed by atoms with Gasteiger partial charge in [0, 0.05) is 0 Å². The Balaban J connectivity index is 2.46. The summed E-state index contributed by atoms with van der Waals surface area (Å²) in [4.78, 5) is 0. The van der Waals surface area contributed by atoms with E-state index in [1.807, 2.05) is 23.5 Å². The van der Waals surface area contributed by atoms with Crippen molar-refractivity contribution in [3.05, 3.63) is 10.8 Å². The normalized spacial score (nSPS) is 24.2. The Bertz CT molecular complexity index is 99.1. The Labute approximate surface area is 59.1 Å². The van der Waals surface area contributed by atoms with Crippen molar-refractivity contribution < 1.29 is 0 Å². The molecular formula is C6H10S2. The molecule has 1 heterocycles. The van der Waals surface area contributed by atoms with E-state index >= 15 is 0 Å². The van der Waals surface area contributed by atoms with E-state index in [2.05, 4.69) is 24.7 Å². The van der Waals surface area contributed by atoms with Gasteiger partial charge in [-0.1, -0.05) is 6.92 Å². The Morgan fingerprint density at radius 3 is 2.12 bits per heavy atom. The fourth-order valence-electron chi connectivity index (χ4n) is 0.538. The fourth-order valence-corrected chi connectivity index (χ4v) is 2.45. The van der Waals surface area contributed by atoms with Gasteiger partial charge in [-0.2, -0.15) is 0 Å². The monoisotopic (exact) mass is 146 g/mol. The van der Waals surface area contributed by atoms with Crippen LogP contribution in [0.1, 0.15) is 20.3 Å². The molecule has 0 fully saturated rings. The van der Waals surface area contributed by atoms with Gasteiger partial charge in [0.05, 0.1) is 4.08 Å². The minimum atomic E-state index is 0.458. The lowest BCUT2D eigenvalue weighted by Gasteiger charge is -2.17. The van der Waals surface area contributed by atoms with Crippen LogP contribution in [0.2, 0.25) is 0 Å². The van der Waals surface area contributed by atoms with Crippen LogP contribution in [0.25, 0.3) is 0 Å². The van der Waals surface area contributed by atoms with Gasteiger partial charge in [0.25, 0.3) is 0 Å². The second-order valence-corrected chi connectivity index (χ2v) is 5.07. The van der Waals surface area contributed by atoms with E-state index in [1.165, 1.54) is 6.42 Å². The van der Waals surface area contributed by atoms with Gasteiger partial charge in [0.2, 0.25) is 0 Å². The summed E-state index contributed by atoms with van der Waals surface area (Å²) >= 11 is 3.85. The zero-order valence-corrected chi connectivity index (χ0v) is 6.81. The molecule has 0 aromatic rings. The first-order chi connectivity index (χ1) is 3.77. The molecule has 0 nitrogen and oxygen atoms in total. The Hall–Kier alpha value is 0.440. The molecule has 0 saturated carbocycles. The SMILES string of the molecule is CCC1(C)SC=CS1. The lowest BCUT2D eigenvalue weighted by atomic mass is 10.4. The summed E-state index contributed by atoms with van der Waals surface area (Å²) in [6.07, 6.45) is 1.25. The van der Waals surface area contributed by atoms with Crippen LogP contribution >= 0.6 is 23.5 Å². The molecule has 8 heavy (non-hydrogen) atoms. The van der Waals surface area contributed by atoms with Crippen LogP contribution in [-0.4, -0.2) is 4.08 Å². The Morgan fingerprint density at radius 2 is 1.88 bits per heavy atom. The third kappa shape index (κ3) is 1.23. The van der Waals surface area contributed by atoms with Crippen molar-refractivity contribution in [1.82, 2.24) is 0 Å². The van der Waals surface area contributed by atoms with E-state index in [0.717, 1.165) is 0 Å². The maximum absolute atomic E-state index is 2.28. The molecule has 0 aliphatic carbocycles. The minimum absolute atomic E-state index is 0.458. The highest BCUT2D eigenvalue weighted by atomic mass is 32.2. The van der Waals surface area contributed by atoms with Crippen LogP contribution in [-0.2, 0) is 0 Å². The Kier molecular flexibility index (Phi) is 1.93. The van der Waals surface area contributed by atoms with E-state index in [-0.39, 0.29) is 0 Å². The molecule has 2 heteroatoms. The first kappa shape index (κ1) is 6.56. The van der Waals surface area contributed by atoms with E-state index in [9.17, 15) is 0 Å². The van der Waals surface area contributed by atoms with Gasteiger partial charge in [-0.05, 0) is 24.2 Å². The van der Waals surface area contributed by atoms with E-state index in [4.69, 9.17) is 0 Å². The van der Waals surface area contributed by atoms with Gasteiger partial charge in [-0.3, -0.25) is 0 Å². The first-order valence-corrected chi connectivity index (χ1v) is 4.53. The Morgan fingerprint density at radius 1 is 1.38 bits per heavy atom. The van der Waals surface area contributed by atoms with Crippen molar-refractivity contribution in [3.8, 4) is 0 Å². The van der Waals surface area contributed by atoms with Gasteiger partial charge in [0.15, 0.2) is 0 Å². The average Bonchev–Trinajstić information content (AvgIpc) is 2.17. The molecule has 0 spiro atoms. The lowest BCUT2D eigenvalue weighted by molar-refractivity contribution is 0.855. The summed E-state index contributed by atoms with van der Waals surface area (Å²) in [6.45, 7) is 4.51. The molecular weight excluding hydrogens is 136 g/mol. The largest absolute Gasteiger partial charge is 0.116 e. The standard InChI is InChI=1S/C6H10S2/c1-3-6(2)7-4-5-8-6/h4-5H,3H2,1-2H3. The third-order valence-corrected chi connectivity index (χ3v) is 4.20. The first-order valence-electron chi connectivity index (χ1n) is 2.77. The molecule has 0 aromatic heterocycles. The van der Waals surface area contributed by atoms with Crippen molar-refractivity contribution in [2.75, 3.05) is 0 Å². The molecule has 0 amide bonds. The summed E-state index contributed by atoms with van der Waals surface area (Å²) in [7, 11) is 0. The summed E-state index contributed by atoms with van der Waals surface area (Å²) in [5, 5.41) is 4.35. The maximum Gasteiger partial charge on any atom is 0.0663 e. The summed E-state index contributed by atoms with van der Waals surface area (Å²) in [5.74, 6) is 0. The summed E-state index contributed by atoms with van der Waals surface area (Å²) < 4.78 is 0.458. The molecule has 0 bridgehead atoms. The van der Waals surface area contributed by atoms with Gasteiger partial charge in [-0.15, -0.1) is 23.5 Å². The average molecular weight is 146 g/mol. The van der Waals surface area contributed by atoms with Gasteiger partial charge in [-0.25, -0.2) is 0 Å². The molecule has 46 valence electrons. The van der Waals surface area contributed by atoms with Crippen LogP contribution in [0.4, 0.5) is 0 Å². The lowest BCUT2D eigenvalue weighted by Crippen LogP contribution is -2.07. The van der Waals surface area contributed by atoms with Crippen molar-refractivity contribution in [1.29, 1.82) is 0 Å². The molecule has 1 rings (SSSR count). The van der Waals surface area contributed by atoms with Crippen molar-refractivity contribution in [2.45, 2.75) is 24.3 Å². The highest BCUT2D eigenvalue weighted by Crippen LogP contribution is 2.46. The second kappa shape index (κ2) is 2.36. The molecule has 1 aliphatic heterocycles. The highest BCUT2D eigenvalue weighted by molar-refractivity contribution is 8.23. The quantitative estimate of drug-likeness (QED) is 0.557. The van der Waals surface area contributed by atoms with Gasteiger partial charge in [0.1, 0.15) is 0 Å². The van der Waals surface area contributed by atoms with E-state index < -0.39 is 0 Å². The topological polar surface area (TPSA) is 0 Å².